The lowest BCUT2D eigenvalue weighted by atomic mass is 9.80. The fourth-order valence-corrected chi connectivity index (χ4v) is 8.83. The van der Waals surface area contributed by atoms with E-state index in [1.54, 1.807) is 11.8 Å². The summed E-state index contributed by atoms with van der Waals surface area (Å²) in [6, 6.07) is 70.7. The minimum absolute atomic E-state index is 0.194. The molecule has 1 saturated heterocycles. The third kappa shape index (κ3) is 10.1. The predicted octanol–water partition coefficient (Wildman–Crippen LogP) is 11.6. The van der Waals surface area contributed by atoms with E-state index in [9.17, 15) is 0 Å². The first-order valence-electron chi connectivity index (χ1n) is 20.3. The SMILES string of the molecule is Cc1ccc(S[C@@H]2O[C@H](COC(c3ccccc3)(c3ccccc3)c3ccccc3)[C@@H](OCc3ccccc3)[C@H](OCc3ccccc3)[C@H]2OCc2ccccc2)cc1. The van der Waals surface area contributed by atoms with Crippen LogP contribution in [0, 0.1) is 6.92 Å². The average Bonchev–Trinajstić information content (AvgIpc) is 3.30. The van der Waals surface area contributed by atoms with E-state index in [4.69, 9.17) is 23.7 Å². The highest BCUT2D eigenvalue weighted by Gasteiger charge is 2.50. The van der Waals surface area contributed by atoms with Crippen molar-refractivity contribution >= 4 is 11.8 Å². The molecule has 1 aliphatic rings. The van der Waals surface area contributed by atoms with Crippen LogP contribution in [0.2, 0.25) is 0 Å². The van der Waals surface area contributed by atoms with Gasteiger partial charge in [0.1, 0.15) is 35.5 Å². The molecule has 0 amide bonds. The Morgan fingerprint density at radius 1 is 0.441 bits per heavy atom. The molecule has 59 heavy (non-hydrogen) atoms. The summed E-state index contributed by atoms with van der Waals surface area (Å²) in [6.07, 6.45) is -2.18. The maximum absolute atomic E-state index is 7.49. The highest BCUT2D eigenvalue weighted by molar-refractivity contribution is 7.99. The van der Waals surface area contributed by atoms with Crippen molar-refractivity contribution in [3.05, 3.63) is 245 Å². The molecule has 8 rings (SSSR count). The lowest BCUT2D eigenvalue weighted by molar-refractivity contribution is -0.258. The third-order valence-corrected chi connectivity index (χ3v) is 11.9. The summed E-state index contributed by atoms with van der Waals surface area (Å²) >= 11 is 1.65. The molecular formula is C53H50O5S. The Morgan fingerprint density at radius 2 is 0.814 bits per heavy atom. The molecule has 7 aromatic carbocycles. The normalized spacial score (nSPS) is 19.3. The van der Waals surface area contributed by atoms with E-state index in [2.05, 4.69) is 140 Å². The van der Waals surface area contributed by atoms with Crippen LogP contribution in [0.4, 0.5) is 0 Å². The van der Waals surface area contributed by atoms with E-state index in [0.717, 1.165) is 38.3 Å². The van der Waals surface area contributed by atoms with Crippen LogP contribution in [0.5, 0.6) is 0 Å². The lowest BCUT2D eigenvalue weighted by Gasteiger charge is -2.47. The second-order valence-corrected chi connectivity index (χ2v) is 16.0. The fraction of sp³-hybridized carbons (Fsp3) is 0.208. The zero-order valence-corrected chi connectivity index (χ0v) is 34.1. The van der Waals surface area contributed by atoms with Gasteiger partial charge in [-0.25, -0.2) is 0 Å². The van der Waals surface area contributed by atoms with Crippen LogP contribution in [-0.4, -0.2) is 36.5 Å². The first-order chi connectivity index (χ1) is 29.2. The van der Waals surface area contributed by atoms with Crippen LogP contribution in [0.1, 0.15) is 38.9 Å². The van der Waals surface area contributed by atoms with Gasteiger partial charge in [0, 0.05) is 4.90 Å². The van der Waals surface area contributed by atoms with Crippen molar-refractivity contribution in [2.45, 2.75) is 67.1 Å². The smallest absolute Gasteiger partial charge is 0.143 e. The number of benzene rings is 7. The Bertz CT molecular complexity index is 2160. The van der Waals surface area contributed by atoms with Crippen molar-refractivity contribution < 1.29 is 23.7 Å². The molecule has 0 aromatic heterocycles. The lowest BCUT2D eigenvalue weighted by Crippen LogP contribution is -2.60. The van der Waals surface area contributed by atoms with Crippen molar-refractivity contribution in [2.75, 3.05) is 6.61 Å². The summed E-state index contributed by atoms with van der Waals surface area (Å²) < 4.78 is 35.9. The second kappa shape index (κ2) is 20.1. The molecule has 0 unspecified atom stereocenters. The van der Waals surface area contributed by atoms with Crippen LogP contribution < -0.4 is 0 Å². The number of hydrogen-bond donors (Lipinski definition) is 0. The van der Waals surface area contributed by atoms with Gasteiger partial charge in [-0.15, -0.1) is 0 Å². The molecule has 7 aromatic rings. The number of thioether (sulfide) groups is 1. The van der Waals surface area contributed by atoms with Gasteiger partial charge in [-0.2, -0.15) is 0 Å². The van der Waals surface area contributed by atoms with E-state index in [0.29, 0.717) is 19.8 Å². The van der Waals surface area contributed by atoms with E-state index >= 15 is 0 Å². The van der Waals surface area contributed by atoms with Crippen molar-refractivity contribution in [3.8, 4) is 0 Å². The molecule has 1 heterocycles. The molecule has 6 heteroatoms. The first-order valence-corrected chi connectivity index (χ1v) is 21.2. The molecule has 0 N–H and O–H groups in total. The fourth-order valence-electron chi connectivity index (χ4n) is 7.70. The van der Waals surface area contributed by atoms with Crippen LogP contribution >= 0.6 is 11.8 Å². The molecule has 0 radical (unpaired) electrons. The van der Waals surface area contributed by atoms with E-state index < -0.39 is 35.5 Å². The van der Waals surface area contributed by atoms with E-state index in [1.165, 1.54) is 5.56 Å². The molecule has 0 aliphatic carbocycles. The monoisotopic (exact) mass is 798 g/mol. The summed E-state index contributed by atoms with van der Waals surface area (Å²) in [7, 11) is 0. The Kier molecular flexibility index (Phi) is 13.8. The molecule has 0 saturated carbocycles. The van der Waals surface area contributed by atoms with Gasteiger partial charge in [-0.3, -0.25) is 0 Å². The summed E-state index contributed by atoms with van der Waals surface area (Å²) in [4.78, 5) is 1.08. The van der Waals surface area contributed by atoms with Gasteiger partial charge in [-0.05, 0) is 52.4 Å². The van der Waals surface area contributed by atoms with Crippen molar-refractivity contribution in [1.29, 1.82) is 0 Å². The third-order valence-electron chi connectivity index (χ3n) is 10.7. The molecule has 5 nitrogen and oxygen atoms in total. The second-order valence-electron chi connectivity index (χ2n) is 14.8. The quantitative estimate of drug-likeness (QED) is 0.0855. The van der Waals surface area contributed by atoms with Crippen molar-refractivity contribution in [2.24, 2.45) is 0 Å². The number of hydrogen-bond acceptors (Lipinski definition) is 6. The van der Waals surface area contributed by atoms with Gasteiger partial charge in [0.2, 0.25) is 0 Å². The van der Waals surface area contributed by atoms with Gasteiger partial charge in [-0.1, -0.05) is 211 Å². The minimum atomic E-state index is -0.961. The van der Waals surface area contributed by atoms with Crippen LogP contribution in [0.3, 0.4) is 0 Å². The zero-order valence-electron chi connectivity index (χ0n) is 33.3. The predicted molar refractivity (Wildman–Crippen MR) is 236 cm³/mol. The highest BCUT2D eigenvalue weighted by atomic mass is 32.2. The number of aryl methyl sites for hydroxylation is 1. The van der Waals surface area contributed by atoms with Gasteiger partial charge >= 0.3 is 0 Å². The molecule has 5 atom stereocenters. The topological polar surface area (TPSA) is 46.2 Å². The molecule has 0 spiro atoms. The van der Waals surface area contributed by atoms with Crippen LogP contribution in [0.15, 0.2) is 211 Å². The minimum Gasteiger partial charge on any atom is -0.368 e. The molecule has 0 bridgehead atoms. The Balaban J connectivity index is 1.22. The maximum atomic E-state index is 7.49. The van der Waals surface area contributed by atoms with Crippen LogP contribution in [0.25, 0.3) is 0 Å². The first kappa shape index (κ1) is 40.5. The molecule has 1 aliphatic heterocycles. The molecular weight excluding hydrogens is 749 g/mol. The number of rotatable bonds is 17. The molecule has 1 fully saturated rings. The Labute approximate surface area is 352 Å². The van der Waals surface area contributed by atoms with Gasteiger partial charge in [0.05, 0.1) is 26.4 Å². The molecule has 298 valence electrons. The number of ether oxygens (including phenoxy) is 5. The summed E-state index contributed by atoms with van der Waals surface area (Å²) in [5.41, 5.74) is 6.00. The van der Waals surface area contributed by atoms with E-state index in [1.807, 2.05) is 72.8 Å². The largest absolute Gasteiger partial charge is 0.368 e. The van der Waals surface area contributed by atoms with E-state index in [-0.39, 0.29) is 6.61 Å². The summed E-state index contributed by atoms with van der Waals surface area (Å²) in [5, 5.41) is 0. The Hall–Kier alpha value is -5.31. The highest BCUT2D eigenvalue weighted by Crippen LogP contribution is 2.43. The summed E-state index contributed by atoms with van der Waals surface area (Å²) in [5.74, 6) is 0. The van der Waals surface area contributed by atoms with Crippen molar-refractivity contribution in [1.82, 2.24) is 0 Å². The zero-order chi connectivity index (χ0) is 40.1. The van der Waals surface area contributed by atoms with Gasteiger partial charge in [0.15, 0.2) is 0 Å². The van der Waals surface area contributed by atoms with Crippen LogP contribution in [-0.2, 0) is 49.1 Å². The standard InChI is InChI=1S/C53H50O5S/c1-40-32-34-47(35-33-40)59-52-51(56-38-43-24-12-4-13-25-43)50(55-37-42-22-10-3-11-23-42)49(54-36-41-20-8-2-9-21-41)48(58-52)39-57-53(44-26-14-5-15-27-44,45-28-16-6-17-29-45)46-30-18-7-19-31-46/h2-35,48-52H,36-39H2,1H3/t48-,49-,50+,51-,52+/m1/s1. The Morgan fingerprint density at radius 3 is 1.24 bits per heavy atom. The average molecular weight is 799 g/mol. The summed E-state index contributed by atoms with van der Waals surface area (Å²) in [6.45, 7) is 3.42. The van der Waals surface area contributed by atoms with Gasteiger partial charge in [0.25, 0.3) is 0 Å². The van der Waals surface area contributed by atoms with Crippen molar-refractivity contribution in [3.63, 3.8) is 0 Å². The maximum Gasteiger partial charge on any atom is 0.143 e. The van der Waals surface area contributed by atoms with Gasteiger partial charge < -0.3 is 23.7 Å².